The lowest BCUT2D eigenvalue weighted by atomic mass is 9.86. The number of aromatic nitrogens is 4. The summed E-state index contributed by atoms with van der Waals surface area (Å²) in [5, 5.41) is 9.15. The van der Waals surface area contributed by atoms with Crippen LogP contribution in [0.1, 0.15) is 43.7 Å². The van der Waals surface area contributed by atoms with Crippen LogP contribution in [0.5, 0.6) is 0 Å². The van der Waals surface area contributed by atoms with Crippen molar-refractivity contribution in [3.8, 4) is 5.69 Å². The molecule has 0 aliphatic carbocycles. The second-order valence-electron chi connectivity index (χ2n) is 8.98. The Morgan fingerprint density at radius 3 is 2.66 bits per heavy atom. The van der Waals surface area contributed by atoms with Crippen molar-refractivity contribution in [1.82, 2.24) is 24.6 Å². The highest BCUT2D eigenvalue weighted by atomic mass is 15.2. The molecule has 2 aromatic heterocycles. The van der Waals surface area contributed by atoms with Crippen molar-refractivity contribution in [2.24, 2.45) is 0 Å². The lowest BCUT2D eigenvalue weighted by Gasteiger charge is -2.32. The molecule has 3 heterocycles. The fraction of sp³-hybridized carbons (Fsp3) is 0.333. The van der Waals surface area contributed by atoms with E-state index in [9.17, 15) is 0 Å². The van der Waals surface area contributed by atoms with Crippen LogP contribution in [0.25, 0.3) is 16.6 Å². The quantitative estimate of drug-likeness (QED) is 0.397. The van der Waals surface area contributed by atoms with Crippen LogP contribution < -0.4 is 0 Å². The molecule has 1 N–H and O–H groups in total. The van der Waals surface area contributed by atoms with Gasteiger partial charge in [0.05, 0.1) is 0 Å². The van der Waals surface area contributed by atoms with E-state index in [1.807, 2.05) is 4.57 Å². The lowest BCUT2D eigenvalue weighted by Crippen LogP contribution is -2.33. The highest BCUT2D eigenvalue weighted by Gasteiger charge is 2.21. The fourth-order valence-electron chi connectivity index (χ4n) is 5.09. The molecule has 5 nitrogen and oxygen atoms in total. The normalized spacial score (nSPS) is 16.1. The number of hydrogen-bond donors (Lipinski definition) is 1. The summed E-state index contributed by atoms with van der Waals surface area (Å²) in [7, 11) is 0. The maximum absolute atomic E-state index is 3.93. The van der Waals surface area contributed by atoms with Crippen LogP contribution in [0.4, 0.5) is 0 Å². The summed E-state index contributed by atoms with van der Waals surface area (Å²) in [5.41, 5.74) is 8.29. The zero-order valence-corrected chi connectivity index (χ0v) is 19.0. The monoisotopic (exact) mass is 425 g/mol. The Labute approximate surface area is 189 Å². The van der Waals surface area contributed by atoms with Crippen LogP contribution in [0.2, 0.25) is 0 Å². The lowest BCUT2D eigenvalue weighted by molar-refractivity contribution is 0.278. The van der Waals surface area contributed by atoms with Crippen molar-refractivity contribution in [1.29, 1.82) is 0 Å². The number of aryl methyl sites for hydroxylation is 1. The predicted molar refractivity (Wildman–Crippen MR) is 130 cm³/mol. The first-order chi connectivity index (χ1) is 15.7. The highest BCUT2D eigenvalue weighted by molar-refractivity contribution is 5.85. The molecule has 4 aromatic rings. The summed E-state index contributed by atoms with van der Waals surface area (Å²) in [6.07, 6.45) is 9.08. The second-order valence-corrected chi connectivity index (χ2v) is 8.98. The smallest absolute Gasteiger partial charge is 0.123 e. The molecule has 32 heavy (non-hydrogen) atoms. The van der Waals surface area contributed by atoms with Crippen LogP contribution in [0.15, 0.2) is 78.5 Å². The minimum absolute atomic E-state index is 0.518. The summed E-state index contributed by atoms with van der Waals surface area (Å²) in [5.74, 6) is 0.518. The van der Waals surface area contributed by atoms with E-state index < -0.39 is 0 Å². The molecule has 1 atom stereocenters. The Hall–Kier alpha value is -3.18. The molecule has 1 aliphatic rings. The third kappa shape index (κ3) is 4.26. The molecule has 0 bridgehead atoms. The van der Waals surface area contributed by atoms with E-state index in [1.54, 1.807) is 23.8 Å². The van der Waals surface area contributed by atoms with Gasteiger partial charge < -0.3 is 4.98 Å². The SMILES string of the molecule is CC1=C([C@H](C)c2ccccc2)CCN(CCCc2c[nH]c3ccc(-n4cnnc4)cc23)C1. The van der Waals surface area contributed by atoms with Gasteiger partial charge in [-0.25, -0.2) is 0 Å². The molecular weight excluding hydrogens is 394 g/mol. The number of nitrogens with zero attached hydrogens (tertiary/aromatic N) is 4. The van der Waals surface area contributed by atoms with E-state index in [0.717, 1.165) is 31.7 Å². The van der Waals surface area contributed by atoms with E-state index in [4.69, 9.17) is 0 Å². The van der Waals surface area contributed by atoms with Gasteiger partial charge in [-0.1, -0.05) is 48.4 Å². The molecule has 0 radical (unpaired) electrons. The van der Waals surface area contributed by atoms with Crippen LogP contribution in [0, 0.1) is 0 Å². The van der Waals surface area contributed by atoms with Crippen molar-refractivity contribution < 1.29 is 0 Å². The Kier molecular flexibility index (Phi) is 5.91. The van der Waals surface area contributed by atoms with Crippen molar-refractivity contribution in [3.05, 3.63) is 89.7 Å². The number of H-pyrrole nitrogens is 1. The molecule has 0 saturated carbocycles. The van der Waals surface area contributed by atoms with Crippen LogP contribution in [0.3, 0.4) is 0 Å². The summed E-state index contributed by atoms with van der Waals surface area (Å²) in [4.78, 5) is 6.05. The molecule has 0 saturated heterocycles. The first-order valence-electron chi connectivity index (χ1n) is 11.6. The van der Waals surface area contributed by atoms with Crippen molar-refractivity contribution in [3.63, 3.8) is 0 Å². The van der Waals surface area contributed by atoms with Gasteiger partial charge in [-0.2, -0.15) is 0 Å². The molecule has 0 unspecified atom stereocenters. The molecule has 0 amide bonds. The third-order valence-corrected chi connectivity index (χ3v) is 6.92. The Balaban J connectivity index is 1.21. The highest BCUT2D eigenvalue weighted by Crippen LogP contribution is 2.32. The van der Waals surface area contributed by atoms with Gasteiger partial charge in [-0.15, -0.1) is 10.2 Å². The van der Waals surface area contributed by atoms with E-state index >= 15 is 0 Å². The average Bonchev–Trinajstić information content (AvgIpc) is 3.50. The van der Waals surface area contributed by atoms with Gasteiger partial charge >= 0.3 is 0 Å². The van der Waals surface area contributed by atoms with Gasteiger partial charge in [0.15, 0.2) is 0 Å². The Morgan fingerprint density at radius 1 is 1.06 bits per heavy atom. The molecule has 0 spiro atoms. The first-order valence-corrected chi connectivity index (χ1v) is 11.6. The number of aromatic amines is 1. The number of benzene rings is 2. The maximum Gasteiger partial charge on any atom is 0.123 e. The first kappa shape index (κ1) is 20.7. The van der Waals surface area contributed by atoms with Gasteiger partial charge in [0.25, 0.3) is 0 Å². The minimum Gasteiger partial charge on any atom is -0.361 e. The summed E-state index contributed by atoms with van der Waals surface area (Å²) in [6.45, 7) is 8.08. The summed E-state index contributed by atoms with van der Waals surface area (Å²) in [6, 6.07) is 17.4. The van der Waals surface area contributed by atoms with Crippen molar-refractivity contribution in [2.75, 3.05) is 19.6 Å². The van der Waals surface area contributed by atoms with Crippen molar-refractivity contribution >= 4 is 10.9 Å². The van der Waals surface area contributed by atoms with Crippen LogP contribution >= 0.6 is 0 Å². The van der Waals surface area contributed by atoms with E-state index in [0.29, 0.717) is 5.92 Å². The van der Waals surface area contributed by atoms with E-state index in [2.05, 4.69) is 88.7 Å². The molecule has 5 rings (SSSR count). The number of hydrogen-bond acceptors (Lipinski definition) is 3. The molecule has 5 heteroatoms. The minimum atomic E-state index is 0.518. The van der Waals surface area contributed by atoms with Crippen LogP contribution in [-0.4, -0.2) is 44.3 Å². The molecule has 2 aromatic carbocycles. The Morgan fingerprint density at radius 2 is 1.88 bits per heavy atom. The second kappa shape index (κ2) is 9.13. The van der Waals surface area contributed by atoms with Gasteiger partial charge in [0.2, 0.25) is 0 Å². The predicted octanol–water partition coefficient (Wildman–Crippen LogP) is 5.51. The zero-order chi connectivity index (χ0) is 21.9. The largest absolute Gasteiger partial charge is 0.361 e. The van der Waals surface area contributed by atoms with Crippen molar-refractivity contribution in [2.45, 2.75) is 39.0 Å². The number of nitrogens with one attached hydrogen (secondary N) is 1. The van der Waals surface area contributed by atoms with E-state index in [1.165, 1.54) is 34.9 Å². The standard InChI is InChI=1S/C27H31N5/c1-20-17-31(14-12-25(20)21(2)22-7-4-3-5-8-22)13-6-9-23-16-28-27-11-10-24(15-26(23)27)32-18-29-30-19-32/h3-5,7-8,10-11,15-16,18-19,21,28H,6,9,12-14,17H2,1-2H3/t21-/m1/s1. The van der Waals surface area contributed by atoms with Gasteiger partial charge in [-0.3, -0.25) is 9.47 Å². The molecular formula is C27H31N5. The fourth-order valence-corrected chi connectivity index (χ4v) is 5.09. The van der Waals surface area contributed by atoms with Crippen LogP contribution in [-0.2, 0) is 6.42 Å². The zero-order valence-electron chi connectivity index (χ0n) is 19.0. The van der Waals surface area contributed by atoms with E-state index in [-0.39, 0.29) is 0 Å². The molecule has 0 fully saturated rings. The van der Waals surface area contributed by atoms with Gasteiger partial charge in [0, 0.05) is 41.8 Å². The maximum atomic E-state index is 3.93. The molecule has 164 valence electrons. The average molecular weight is 426 g/mol. The number of fused-ring (bicyclic) bond motifs is 1. The topological polar surface area (TPSA) is 49.7 Å². The number of rotatable bonds is 7. The Bertz CT molecular complexity index is 1200. The summed E-state index contributed by atoms with van der Waals surface area (Å²) < 4.78 is 1.95. The summed E-state index contributed by atoms with van der Waals surface area (Å²) >= 11 is 0. The molecule has 1 aliphatic heterocycles. The van der Waals surface area contributed by atoms with Gasteiger partial charge in [0.1, 0.15) is 12.7 Å². The van der Waals surface area contributed by atoms with Gasteiger partial charge in [-0.05, 0) is 62.1 Å². The third-order valence-electron chi connectivity index (χ3n) is 6.92.